The Labute approximate surface area is 159 Å². The molecule has 0 unspecified atom stereocenters. The maximum Gasteiger partial charge on any atom is 0.243 e. The van der Waals surface area contributed by atoms with Gasteiger partial charge in [-0.25, -0.2) is 4.39 Å². The Morgan fingerprint density at radius 2 is 1.93 bits per heavy atom. The molecular formula is C21H26FN3O2. The van der Waals surface area contributed by atoms with Gasteiger partial charge in [-0.1, -0.05) is 12.1 Å². The number of nitriles is 1. The summed E-state index contributed by atoms with van der Waals surface area (Å²) in [5.74, 6) is 0.222. The molecule has 0 saturated carbocycles. The van der Waals surface area contributed by atoms with E-state index in [-0.39, 0.29) is 17.8 Å². The first kappa shape index (κ1) is 18.4. The molecule has 4 fully saturated rings. The normalized spacial score (nSPS) is 27.8. The van der Waals surface area contributed by atoms with Gasteiger partial charge < -0.3 is 9.64 Å². The zero-order valence-corrected chi connectivity index (χ0v) is 15.6. The molecule has 0 radical (unpaired) electrons. The maximum absolute atomic E-state index is 13.3. The largest absolute Gasteiger partial charge is 0.381 e. The number of ether oxygens (including phenoxy) is 1. The summed E-state index contributed by atoms with van der Waals surface area (Å²) in [4.78, 5) is 17.7. The second-order valence-electron chi connectivity index (χ2n) is 8.18. The molecule has 0 aliphatic carbocycles. The number of benzene rings is 1. The SMILES string of the molecule is N#CC1(C(=O)N2C[C@H]3CC[C@@H]2CN(Cc2ccc(F)cc2)C3)CCOCC1. The van der Waals surface area contributed by atoms with E-state index in [1.54, 1.807) is 0 Å². The molecule has 0 spiro atoms. The van der Waals surface area contributed by atoms with E-state index in [1.165, 1.54) is 12.1 Å². The lowest BCUT2D eigenvalue weighted by Crippen LogP contribution is -2.54. The summed E-state index contributed by atoms with van der Waals surface area (Å²) < 4.78 is 18.5. The summed E-state index contributed by atoms with van der Waals surface area (Å²) in [6.45, 7) is 4.24. The fourth-order valence-electron chi connectivity index (χ4n) is 4.77. The van der Waals surface area contributed by atoms with Gasteiger partial charge in [-0.3, -0.25) is 9.69 Å². The van der Waals surface area contributed by atoms with Gasteiger partial charge in [0.05, 0.1) is 6.07 Å². The van der Waals surface area contributed by atoms with E-state index < -0.39 is 5.41 Å². The van der Waals surface area contributed by atoms with Crippen molar-refractivity contribution in [2.75, 3.05) is 32.8 Å². The number of hydrogen-bond donors (Lipinski definition) is 0. The molecule has 27 heavy (non-hydrogen) atoms. The highest BCUT2D eigenvalue weighted by Gasteiger charge is 2.47. The molecule has 5 rings (SSSR count). The lowest BCUT2D eigenvalue weighted by Gasteiger charge is -2.41. The zero-order chi connectivity index (χ0) is 18.9. The highest BCUT2D eigenvalue weighted by Crippen LogP contribution is 2.37. The summed E-state index contributed by atoms with van der Waals surface area (Å²) in [6.07, 6.45) is 3.11. The van der Waals surface area contributed by atoms with Crippen molar-refractivity contribution in [3.8, 4) is 6.07 Å². The second kappa shape index (κ2) is 7.57. The van der Waals surface area contributed by atoms with Crippen molar-refractivity contribution in [3.05, 3.63) is 35.6 Å². The monoisotopic (exact) mass is 371 g/mol. The molecule has 4 saturated heterocycles. The van der Waals surface area contributed by atoms with Crippen LogP contribution >= 0.6 is 0 Å². The lowest BCUT2D eigenvalue weighted by atomic mass is 9.79. The first-order valence-corrected chi connectivity index (χ1v) is 9.86. The highest BCUT2D eigenvalue weighted by molar-refractivity contribution is 5.86. The Morgan fingerprint density at radius 1 is 1.19 bits per heavy atom. The predicted molar refractivity (Wildman–Crippen MR) is 98.0 cm³/mol. The third-order valence-corrected chi connectivity index (χ3v) is 6.34. The smallest absolute Gasteiger partial charge is 0.243 e. The average molecular weight is 371 g/mol. The first-order chi connectivity index (χ1) is 13.1. The van der Waals surface area contributed by atoms with Crippen LogP contribution in [0, 0.1) is 28.5 Å². The number of carbonyl (C=O) groups excluding carboxylic acids is 1. The Bertz CT molecular complexity index is 724. The van der Waals surface area contributed by atoms with Gasteiger partial charge in [0.1, 0.15) is 11.2 Å². The van der Waals surface area contributed by atoms with Gasteiger partial charge in [0.2, 0.25) is 5.91 Å². The minimum atomic E-state index is -0.912. The summed E-state index contributed by atoms with van der Waals surface area (Å²) in [6, 6.07) is 9.15. The van der Waals surface area contributed by atoms with Crippen molar-refractivity contribution in [2.45, 2.75) is 38.3 Å². The Kier molecular flexibility index (Phi) is 5.16. The number of fused-ring (bicyclic) bond motifs is 4. The van der Waals surface area contributed by atoms with Crippen LogP contribution in [0.3, 0.4) is 0 Å². The summed E-state index contributed by atoms with van der Waals surface area (Å²) in [5, 5.41) is 9.76. The number of rotatable bonds is 3. The predicted octanol–water partition coefficient (Wildman–Crippen LogP) is 2.57. The van der Waals surface area contributed by atoms with Crippen LogP contribution in [0.2, 0.25) is 0 Å². The highest BCUT2D eigenvalue weighted by atomic mass is 19.1. The summed E-state index contributed by atoms with van der Waals surface area (Å²) in [7, 11) is 0. The topological polar surface area (TPSA) is 56.6 Å². The Balaban J connectivity index is 1.48. The minimum absolute atomic E-state index is 0.00614. The fraction of sp³-hybridized carbons (Fsp3) is 0.619. The van der Waals surface area contributed by atoms with E-state index in [4.69, 9.17) is 4.74 Å². The van der Waals surface area contributed by atoms with E-state index in [0.717, 1.165) is 44.6 Å². The van der Waals surface area contributed by atoms with Gasteiger partial charge in [0.25, 0.3) is 0 Å². The van der Waals surface area contributed by atoms with Gasteiger partial charge >= 0.3 is 0 Å². The third kappa shape index (κ3) is 3.71. The number of nitrogens with zero attached hydrogens (tertiary/aromatic N) is 3. The van der Waals surface area contributed by atoms with Crippen molar-refractivity contribution in [1.82, 2.24) is 9.80 Å². The quantitative estimate of drug-likeness (QED) is 0.819. The number of amides is 1. The van der Waals surface area contributed by atoms with E-state index >= 15 is 0 Å². The summed E-state index contributed by atoms with van der Waals surface area (Å²) in [5.41, 5.74) is 0.179. The van der Waals surface area contributed by atoms with Gasteiger partial charge in [-0.05, 0) is 49.3 Å². The van der Waals surface area contributed by atoms with Gasteiger partial charge in [-0.15, -0.1) is 0 Å². The van der Waals surface area contributed by atoms with Crippen LogP contribution in [0.1, 0.15) is 31.2 Å². The van der Waals surface area contributed by atoms with Crippen LogP contribution < -0.4 is 0 Å². The molecule has 4 aliphatic rings. The van der Waals surface area contributed by atoms with Crippen molar-refractivity contribution < 1.29 is 13.9 Å². The molecule has 1 aromatic rings. The molecule has 0 N–H and O–H groups in total. The fourth-order valence-corrected chi connectivity index (χ4v) is 4.77. The average Bonchev–Trinajstić information content (AvgIpc) is 3.00. The van der Waals surface area contributed by atoms with Crippen LogP contribution in [0.5, 0.6) is 0 Å². The molecule has 5 nitrogen and oxygen atoms in total. The third-order valence-electron chi connectivity index (χ3n) is 6.34. The molecule has 4 aliphatic heterocycles. The number of carbonyl (C=O) groups is 1. The van der Waals surface area contributed by atoms with E-state index in [0.29, 0.717) is 32.0 Å². The van der Waals surface area contributed by atoms with Crippen molar-refractivity contribution in [1.29, 1.82) is 5.26 Å². The zero-order valence-electron chi connectivity index (χ0n) is 15.6. The molecule has 2 atom stereocenters. The molecule has 144 valence electrons. The van der Waals surface area contributed by atoms with Crippen molar-refractivity contribution in [3.63, 3.8) is 0 Å². The van der Waals surface area contributed by atoms with Gasteiger partial charge in [0.15, 0.2) is 0 Å². The number of halogens is 1. The minimum Gasteiger partial charge on any atom is -0.381 e. The van der Waals surface area contributed by atoms with E-state index in [9.17, 15) is 14.4 Å². The van der Waals surface area contributed by atoms with Crippen LogP contribution in [0.15, 0.2) is 24.3 Å². The second-order valence-corrected chi connectivity index (χ2v) is 8.18. The molecule has 4 heterocycles. The first-order valence-electron chi connectivity index (χ1n) is 9.86. The van der Waals surface area contributed by atoms with Crippen LogP contribution in [0.25, 0.3) is 0 Å². The maximum atomic E-state index is 13.3. The lowest BCUT2D eigenvalue weighted by molar-refractivity contribution is -0.147. The van der Waals surface area contributed by atoms with Crippen LogP contribution in [0.4, 0.5) is 4.39 Å². The molecule has 2 bridgehead atoms. The number of piperidine rings is 1. The standard InChI is InChI=1S/C21H26FN3O2/c22-18-4-1-16(2-5-18)11-24-12-17-3-6-19(14-24)25(13-17)20(26)21(15-23)7-9-27-10-8-21/h1-2,4-5,17,19H,3,6-14H2/t17-,19+/m0/s1. The van der Waals surface area contributed by atoms with Crippen LogP contribution in [-0.4, -0.2) is 54.6 Å². The summed E-state index contributed by atoms with van der Waals surface area (Å²) >= 11 is 0. The molecular weight excluding hydrogens is 345 g/mol. The van der Waals surface area contributed by atoms with Crippen molar-refractivity contribution >= 4 is 5.91 Å². The van der Waals surface area contributed by atoms with E-state index in [2.05, 4.69) is 11.0 Å². The van der Waals surface area contributed by atoms with Crippen molar-refractivity contribution in [2.24, 2.45) is 11.3 Å². The molecule has 1 amide bonds. The molecule has 0 aromatic heterocycles. The molecule has 6 heteroatoms. The Hall–Kier alpha value is -1.97. The Morgan fingerprint density at radius 3 is 2.63 bits per heavy atom. The van der Waals surface area contributed by atoms with Gasteiger partial charge in [-0.2, -0.15) is 5.26 Å². The molecule has 1 aromatic carbocycles. The van der Waals surface area contributed by atoms with E-state index in [1.807, 2.05) is 17.0 Å². The van der Waals surface area contributed by atoms with Gasteiger partial charge in [0, 0.05) is 45.4 Å². The number of hydrogen-bond acceptors (Lipinski definition) is 4. The van der Waals surface area contributed by atoms with Crippen LogP contribution in [-0.2, 0) is 16.1 Å².